The number of nitrogens with one attached hydrogen (secondary N) is 2. The van der Waals surface area contributed by atoms with Gasteiger partial charge in [-0.05, 0) is 55.2 Å². The Morgan fingerprint density at radius 2 is 1.79 bits per heavy atom. The molecule has 0 bridgehead atoms. The Hall–Kier alpha value is -2.89. The number of aromatic nitrogens is 3. The van der Waals surface area contributed by atoms with Crippen molar-refractivity contribution in [3.8, 4) is 0 Å². The summed E-state index contributed by atoms with van der Waals surface area (Å²) in [4.78, 5) is 4.35. The Kier molecular flexibility index (Phi) is 5.85. The van der Waals surface area contributed by atoms with Crippen LogP contribution in [-0.2, 0) is 6.54 Å². The maximum absolute atomic E-state index is 4.35. The van der Waals surface area contributed by atoms with Crippen LogP contribution in [0.5, 0.6) is 0 Å². The minimum Gasteiger partial charge on any atom is -0.356 e. The Labute approximate surface area is 166 Å². The van der Waals surface area contributed by atoms with Crippen LogP contribution in [0.2, 0.25) is 0 Å². The molecule has 0 atom stereocenters. The third kappa shape index (κ3) is 4.32. The number of aliphatic imine (C=N–C) groups is 1. The third-order valence-electron chi connectivity index (χ3n) is 5.70. The fourth-order valence-electron chi connectivity index (χ4n) is 4.06. The van der Waals surface area contributed by atoms with E-state index in [0.29, 0.717) is 12.5 Å². The highest BCUT2D eigenvalue weighted by Crippen LogP contribution is 2.35. The van der Waals surface area contributed by atoms with E-state index in [2.05, 4.69) is 56.2 Å². The summed E-state index contributed by atoms with van der Waals surface area (Å²) in [5.74, 6) is 3.11. The number of guanidine groups is 1. The number of hydrogen-bond donors (Lipinski definition) is 2. The average Bonchev–Trinajstić information content (AvgIpc) is 3.18. The molecular formula is C22H28N6. The van der Waals surface area contributed by atoms with Crippen molar-refractivity contribution in [3.05, 3.63) is 66.1 Å². The van der Waals surface area contributed by atoms with E-state index in [9.17, 15) is 0 Å². The largest absolute Gasteiger partial charge is 0.356 e. The third-order valence-corrected chi connectivity index (χ3v) is 5.70. The second-order valence-electron chi connectivity index (χ2n) is 7.48. The van der Waals surface area contributed by atoms with E-state index in [-0.39, 0.29) is 0 Å². The van der Waals surface area contributed by atoms with Crippen molar-refractivity contribution in [3.63, 3.8) is 0 Å². The first-order chi connectivity index (χ1) is 13.8. The van der Waals surface area contributed by atoms with Crippen molar-refractivity contribution in [2.24, 2.45) is 10.9 Å². The fraction of sp³-hybridized carbons (Fsp3) is 0.409. The standard InChI is InChI=1S/C22H28N6/c1-23-22(25-16-21-27-26-20-9-5-6-14-28(20)21)24-15-17-10-12-19(13-11-17)18-7-3-2-4-8-18/h2-9,14,17,19H,10-13,15-16H2,1H3,(H2,23,24,25). The zero-order valence-electron chi connectivity index (χ0n) is 16.4. The van der Waals surface area contributed by atoms with Gasteiger partial charge in [0.25, 0.3) is 0 Å². The first-order valence-electron chi connectivity index (χ1n) is 10.1. The van der Waals surface area contributed by atoms with Crippen LogP contribution >= 0.6 is 0 Å². The molecule has 0 aliphatic heterocycles. The molecule has 1 fully saturated rings. The van der Waals surface area contributed by atoms with Gasteiger partial charge in [0, 0.05) is 19.8 Å². The quantitative estimate of drug-likeness (QED) is 0.529. The lowest BCUT2D eigenvalue weighted by Gasteiger charge is -2.29. The van der Waals surface area contributed by atoms with Gasteiger partial charge in [-0.3, -0.25) is 9.39 Å². The predicted octanol–water partition coefficient (Wildman–Crippen LogP) is 3.37. The van der Waals surface area contributed by atoms with Gasteiger partial charge in [0.2, 0.25) is 0 Å². The number of rotatable bonds is 5. The van der Waals surface area contributed by atoms with E-state index in [1.807, 2.05) is 35.8 Å². The second kappa shape index (κ2) is 8.87. The van der Waals surface area contributed by atoms with Crippen LogP contribution in [0.25, 0.3) is 5.65 Å². The number of benzene rings is 1. The van der Waals surface area contributed by atoms with E-state index in [0.717, 1.165) is 29.9 Å². The van der Waals surface area contributed by atoms with Crippen molar-refractivity contribution >= 4 is 11.6 Å². The fourth-order valence-corrected chi connectivity index (χ4v) is 4.06. The van der Waals surface area contributed by atoms with Crippen molar-refractivity contribution in [1.29, 1.82) is 0 Å². The lowest BCUT2D eigenvalue weighted by Crippen LogP contribution is -2.40. The van der Waals surface area contributed by atoms with Gasteiger partial charge < -0.3 is 10.6 Å². The van der Waals surface area contributed by atoms with E-state index in [1.54, 1.807) is 0 Å². The number of fused-ring (bicyclic) bond motifs is 1. The minimum absolute atomic E-state index is 0.589. The highest BCUT2D eigenvalue weighted by Gasteiger charge is 2.22. The van der Waals surface area contributed by atoms with Crippen LogP contribution in [0.4, 0.5) is 0 Å². The number of pyridine rings is 1. The molecule has 1 aromatic carbocycles. The van der Waals surface area contributed by atoms with Crippen LogP contribution in [-0.4, -0.2) is 34.2 Å². The zero-order valence-corrected chi connectivity index (χ0v) is 16.4. The van der Waals surface area contributed by atoms with Gasteiger partial charge in [-0.2, -0.15) is 0 Å². The van der Waals surface area contributed by atoms with Crippen LogP contribution in [0, 0.1) is 5.92 Å². The highest BCUT2D eigenvalue weighted by atomic mass is 15.3. The first kappa shape index (κ1) is 18.5. The van der Waals surface area contributed by atoms with E-state index < -0.39 is 0 Å². The Morgan fingerprint density at radius 3 is 2.57 bits per heavy atom. The number of nitrogens with zero attached hydrogens (tertiary/aromatic N) is 4. The molecule has 0 spiro atoms. The van der Waals surface area contributed by atoms with Crippen LogP contribution in [0.3, 0.4) is 0 Å². The van der Waals surface area contributed by atoms with Crippen molar-refractivity contribution in [1.82, 2.24) is 25.2 Å². The van der Waals surface area contributed by atoms with E-state index in [1.165, 1.54) is 31.2 Å². The lowest BCUT2D eigenvalue weighted by atomic mass is 9.79. The van der Waals surface area contributed by atoms with Crippen molar-refractivity contribution in [2.75, 3.05) is 13.6 Å². The van der Waals surface area contributed by atoms with Gasteiger partial charge in [-0.25, -0.2) is 0 Å². The summed E-state index contributed by atoms with van der Waals surface area (Å²) >= 11 is 0. The normalized spacial score (nSPS) is 20.2. The molecule has 6 heteroatoms. The molecule has 28 heavy (non-hydrogen) atoms. The summed E-state index contributed by atoms with van der Waals surface area (Å²) in [7, 11) is 1.81. The smallest absolute Gasteiger partial charge is 0.191 e. The van der Waals surface area contributed by atoms with Gasteiger partial charge in [-0.1, -0.05) is 36.4 Å². The van der Waals surface area contributed by atoms with Gasteiger partial charge in [0.1, 0.15) is 0 Å². The first-order valence-corrected chi connectivity index (χ1v) is 10.1. The predicted molar refractivity (Wildman–Crippen MR) is 112 cm³/mol. The molecule has 3 aromatic rings. The maximum atomic E-state index is 4.35. The summed E-state index contributed by atoms with van der Waals surface area (Å²) in [5, 5.41) is 15.3. The highest BCUT2D eigenvalue weighted by molar-refractivity contribution is 5.79. The van der Waals surface area contributed by atoms with Crippen LogP contribution in [0.15, 0.2) is 59.7 Å². The molecule has 0 radical (unpaired) electrons. The summed E-state index contributed by atoms with van der Waals surface area (Å²) in [6.07, 6.45) is 7.05. The Morgan fingerprint density at radius 1 is 1.00 bits per heavy atom. The molecule has 146 valence electrons. The van der Waals surface area contributed by atoms with Crippen molar-refractivity contribution < 1.29 is 0 Å². The lowest BCUT2D eigenvalue weighted by molar-refractivity contribution is 0.324. The second-order valence-corrected chi connectivity index (χ2v) is 7.48. The Balaban J connectivity index is 1.24. The monoisotopic (exact) mass is 376 g/mol. The molecule has 1 saturated carbocycles. The summed E-state index contributed by atoms with van der Waals surface area (Å²) in [6.45, 7) is 1.55. The molecule has 0 saturated heterocycles. The topological polar surface area (TPSA) is 66.6 Å². The molecule has 1 aliphatic rings. The van der Waals surface area contributed by atoms with Crippen LogP contribution in [0.1, 0.15) is 43.0 Å². The molecule has 0 amide bonds. The average molecular weight is 377 g/mol. The molecule has 2 heterocycles. The van der Waals surface area contributed by atoms with Gasteiger partial charge in [0.15, 0.2) is 17.4 Å². The molecule has 2 aromatic heterocycles. The number of hydrogen-bond acceptors (Lipinski definition) is 3. The SMILES string of the molecule is CN=C(NCc1nnc2ccccn12)NCC1CCC(c2ccccc2)CC1. The zero-order chi connectivity index (χ0) is 19.2. The summed E-state index contributed by atoms with van der Waals surface area (Å²) < 4.78 is 1.99. The summed E-state index contributed by atoms with van der Waals surface area (Å²) in [6, 6.07) is 16.8. The summed E-state index contributed by atoms with van der Waals surface area (Å²) in [5.41, 5.74) is 2.35. The van der Waals surface area contributed by atoms with Gasteiger partial charge >= 0.3 is 0 Å². The maximum Gasteiger partial charge on any atom is 0.191 e. The van der Waals surface area contributed by atoms with E-state index in [4.69, 9.17) is 0 Å². The van der Waals surface area contributed by atoms with Crippen molar-refractivity contribution in [2.45, 2.75) is 38.1 Å². The molecule has 1 aliphatic carbocycles. The van der Waals surface area contributed by atoms with Gasteiger partial charge in [-0.15, -0.1) is 10.2 Å². The molecule has 4 rings (SSSR count). The molecule has 6 nitrogen and oxygen atoms in total. The van der Waals surface area contributed by atoms with Crippen LogP contribution < -0.4 is 10.6 Å². The molecular weight excluding hydrogens is 348 g/mol. The minimum atomic E-state index is 0.589. The van der Waals surface area contributed by atoms with E-state index >= 15 is 0 Å². The Bertz CT molecular complexity index is 909. The molecule has 0 unspecified atom stereocenters. The van der Waals surface area contributed by atoms with Gasteiger partial charge in [0.05, 0.1) is 6.54 Å². The molecule has 2 N–H and O–H groups in total.